The van der Waals surface area contributed by atoms with E-state index in [1.165, 1.54) is 0 Å². The van der Waals surface area contributed by atoms with Gasteiger partial charge < -0.3 is 14.7 Å². The molecule has 0 spiro atoms. The first-order valence-corrected chi connectivity index (χ1v) is 8.64. The minimum atomic E-state index is -0.243. The van der Waals surface area contributed by atoms with Crippen LogP contribution < -0.4 is 5.32 Å². The molecule has 25 heavy (non-hydrogen) atoms. The fourth-order valence-electron chi connectivity index (χ4n) is 3.06. The number of hydrogen-bond acceptors (Lipinski definition) is 4. The van der Waals surface area contributed by atoms with E-state index < -0.39 is 0 Å². The van der Waals surface area contributed by atoms with Crippen LogP contribution in [0.5, 0.6) is 0 Å². The lowest BCUT2D eigenvalue weighted by molar-refractivity contribution is -0.128. The molecular formula is C18H20ClN3O3. The maximum atomic E-state index is 12.5. The summed E-state index contributed by atoms with van der Waals surface area (Å²) in [6.07, 6.45) is 0.893. The van der Waals surface area contributed by atoms with Gasteiger partial charge in [0.05, 0.1) is 11.7 Å². The van der Waals surface area contributed by atoms with Gasteiger partial charge in [0.25, 0.3) is 5.91 Å². The van der Waals surface area contributed by atoms with E-state index in [0.29, 0.717) is 41.6 Å². The third-order valence-corrected chi connectivity index (χ3v) is 4.73. The zero-order valence-corrected chi connectivity index (χ0v) is 15.0. The van der Waals surface area contributed by atoms with Crippen LogP contribution in [-0.2, 0) is 17.8 Å². The number of hydrogen-bond donors (Lipinski definition) is 1. The summed E-state index contributed by atoms with van der Waals surface area (Å²) in [4.78, 5) is 26.5. The fraction of sp³-hybridized carbons (Fsp3) is 0.389. The number of amides is 2. The van der Waals surface area contributed by atoms with Crippen LogP contribution in [-0.4, -0.2) is 34.5 Å². The van der Waals surface area contributed by atoms with Crippen molar-refractivity contribution in [2.24, 2.45) is 0 Å². The fourth-order valence-corrected chi connectivity index (χ4v) is 3.26. The molecule has 0 radical (unpaired) electrons. The molecule has 3 rings (SSSR count). The molecule has 1 aromatic carbocycles. The van der Waals surface area contributed by atoms with Crippen molar-refractivity contribution in [1.29, 1.82) is 0 Å². The normalized spacial score (nSPS) is 17.2. The number of carbonyl (C=O) groups excluding carboxylic acids is 2. The van der Waals surface area contributed by atoms with Gasteiger partial charge in [-0.15, -0.1) is 0 Å². The largest absolute Gasteiger partial charge is 0.361 e. The van der Waals surface area contributed by atoms with Crippen LogP contribution >= 0.6 is 11.6 Å². The van der Waals surface area contributed by atoms with Gasteiger partial charge in [0.1, 0.15) is 11.3 Å². The van der Waals surface area contributed by atoms with Crippen LogP contribution in [0, 0.1) is 6.92 Å². The molecule has 2 heterocycles. The van der Waals surface area contributed by atoms with Crippen molar-refractivity contribution in [3.8, 4) is 0 Å². The van der Waals surface area contributed by atoms with Crippen LogP contribution in [0.15, 0.2) is 28.8 Å². The molecule has 1 saturated heterocycles. The van der Waals surface area contributed by atoms with Gasteiger partial charge in [-0.1, -0.05) is 41.9 Å². The van der Waals surface area contributed by atoms with E-state index in [0.717, 1.165) is 5.56 Å². The van der Waals surface area contributed by atoms with E-state index in [1.54, 1.807) is 17.9 Å². The van der Waals surface area contributed by atoms with Crippen LogP contribution in [0.1, 0.15) is 40.7 Å². The zero-order chi connectivity index (χ0) is 18.0. The maximum Gasteiger partial charge on any atom is 0.257 e. The molecule has 132 valence electrons. The van der Waals surface area contributed by atoms with Gasteiger partial charge in [-0.2, -0.15) is 0 Å². The summed E-state index contributed by atoms with van der Waals surface area (Å²) in [7, 11) is 0. The molecule has 1 aliphatic rings. The van der Waals surface area contributed by atoms with Gasteiger partial charge in [0.15, 0.2) is 0 Å². The Bertz CT molecular complexity index is 803. The number of rotatable bonds is 5. The molecule has 0 saturated carbocycles. The van der Waals surface area contributed by atoms with E-state index in [4.69, 9.17) is 16.1 Å². The molecule has 7 heteroatoms. The molecule has 0 unspecified atom stereocenters. The lowest BCUT2D eigenvalue weighted by Crippen LogP contribution is -2.37. The van der Waals surface area contributed by atoms with Gasteiger partial charge in [0.2, 0.25) is 5.91 Å². The molecule has 1 atom stereocenters. The van der Waals surface area contributed by atoms with Crippen molar-refractivity contribution in [2.45, 2.75) is 39.3 Å². The van der Waals surface area contributed by atoms with Crippen LogP contribution in [0.2, 0.25) is 5.02 Å². The molecule has 1 N–H and O–H groups in total. The number of likely N-dealkylation sites (tertiary alicyclic amines) is 1. The second-order valence-electron chi connectivity index (χ2n) is 6.15. The average Bonchev–Trinajstić information content (AvgIpc) is 3.12. The quantitative estimate of drug-likeness (QED) is 0.888. The minimum absolute atomic E-state index is 0.00275. The van der Waals surface area contributed by atoms with E-state index in [2.05, 4.69) is 10.5 Å². The van der Waals surface area contributed by atoms with Crippen molar-refractivity contribution in [3.63, 3.8) is 0 Å². The highest BCUT2D eigenvalue weighted by Gasteiger charge is 2.32. The number of nitrogens with one attached hydrogen (secondary N) is 1. The Morgan fingerprint density at radius 2 is 2.20 bits per heavy atom. The number of halogens is 1. The summed E-state index contributed by atoms with van der Waals surface area (Å²) in [5.74, 6) is 0.252. The Morgan fingerprint density at radius 3 is 2.92 bits per heavy atom. The molecule has 1 aliphatic heterocycles. The highest BCUT2D eigenvalue weighted by Crippen LogP contribution is 2.21. The highest BCUT2D eigenvalue weighted by molar-refractivity contribution is 6.31. The van der Waals surface area contributed by atoms with E-state index in [-0.39, 0.29) is 24.3 Å². The van der Waals surface area contributed by atoms with Crippen molar-refractivity contribution >= 4 is 23.4 Å². The monoisotopic (exact) mass is 361 g/mol. The first-order valence-electron chi connectivity index (χ1n) is 8.26. The van der Waals surface area contributed by atoms with Gasteiger partial charge in [-0.05, 0) is 25.0 Å². The van der Waals surface area contributed by atoms with Crippen molar-refractivity contribution in [1.82, 2.24) is 15.4 Å². The van der Waals surface area contributed by atoms with Gasteiger partial charge in [0, 0.05) is 24.5 Å². The summed E-state index contributed by atoms with van der Waals surface area (Å²) in [5.41, 5.74) is 2.00. The van der Waals surface area contributed by atoms with Crippen LogP contribution in [0.4, 0.5) is 0 Å². The minimum Gasteiger partial charge on any atom is -0.361 e. The molecule has 2 aromatic rings. The molecule has 6 nitrogen and oxygen atoms in total. The summed E-state index contributed by atoms with van der Waals surface area (Å²) in [6.45, 7) is 4.53. The third-order valence-electron chi connectivity index (χ3n) is 4.36. The van der Waals surface area contributed by atoms with Crippen LogP contribution in [0.25, 0.3) is 0 Å². The topological polar surface area (TPSA) is 75.4 Å². The Hall–Kier alpha value is -2.34. The smallest absolute Gasteiger partial charge is 0.257 e. The number of aromatic nitrogens is 1. The molecule has 2 amide bonds. The van der Waals surface area contributed by atoms with Gasteiger partial charge in [-0.25, -0.2) is 0 Å². The summed E-state index contributed by atoms with van der Waals surface area (Å²) in [5, 5.41) is 7.46. The van der Waals surface area contributed by atoms with Crippen molar-refractivity contribution in [3.05, 3.63) is 51.9 Å². The standard InChI is InChI=1S/C18H20ClN3O3/c1-3-15-17(11(2)25-21-15)18(24)20-13-8-16(23)22(10-13)9-12-6-4-5-7-14(12)19/h4-7,13H,3,8-10H2,1-2H3,(H,20,24)/t13-/m1/s1. The Balaban J connectivity index is 1.65. The van der Waals surface area contributed by atoms with E-state index >= 15 is 0 Å². The van der Waals surface area contributed by atoms with Crippen molar-refractivity contribution in [2.75, 3.05) is 6.54 Å². The Kier molecular flexibility index (Phi) is 5.08. The first kappa shape index (κ1) is 17.5. The lowest BCUT2D eigenvalue weighted by atomic mass is 10.1. The second kappa shape index (κ2) is 7.27. The molecule has 1 fully saturated rings. The lowest BCUT2D eigenvalue weighted by Gasteiger charge is -2.18. The Morgan fingerprint density at radius 1 is 1.44 bits per heavy atom. The third kappa shape index (κ3) is 3.69. The van der Waals surface area contributed by atoms with Gasteiger partial charge in [-0.3, -0.25) is 9.59 Å². The molecule has 0 bridgehead atoms. The van der Waals surface area contributed by atoms with Gasteiger partial charge >= 0.3 is 0 Å². The zero-order valence-electron chi connectivity index (χ0n) is 14.2. The molecule has 0 aliphatic carbocycles. The SMILES string of the molecule is CCc1noc(C)c1C(=O)N[C@@H]1CC(=O)N(Cc2ccccc2Cl)C1. The summed E-state index contributed by atoms with van der Waals surface area (Å²) >= 11 is 6.16. The predicted molar refractivity (Wildman–Crippen MR) is 93.4 cm³/mol. The van der Waals surface area contributed by atoms with E-state index in [1.807, 2.05) is 25.1 Å². The summed E-state index contributed by atoms with van der Waals surface area (Å²) in [6, 6.07) is 7.21. The van der Waals surface area contributed by atoms with E-state index in [9.17, 15) is 9.59 Å². The number of benzene rings is 1. The second-order valence-corrected chi connectivity index (χ2v) is 6.56. The highest BCUT2D eigenvalue weighted by atomic mass is 35.5. The number of aryl methyl sites for hydroxylation is 2. The predicted octanol–water partition coefficient (Wildman–Crippen LogP) is 2.73. The summed E-state index contributed by atoms with van der Waals surface area (Å²) < 4.78 is 5.10. The average molecular weight is 362 g/mol. The molecule has 1 aromatic heterocycles. The number of nitrogens with zero attached hydrogens (tertiary/aromatic N) is 2. The Labute approximate surface area is 151 Å². The van der Waals surface area contributed by atoms with Crippen LogP contribution in [0.3, 0.4) is 0 Å². The van der Waals surface area contributed by atoms with Crippen molar-refractivity contribution < 1.29 is 14.1 Å². The maximum absolute atomic E-state index is 12.5. The first-order chi connectivity index (χ1) is 12.0. The number of carbonyl (C=O) groups is 2. The molecular weight excluding hydrogens is 342 g/mol.